The molecule has 0 aliphatic rings. The number of isocyanates is 1. The highest BCUT2D eigenvalue weighted by Crippen LogP contribution is 2.45. The summed E-state index contributed by atoms with van der Waals surface area (Å²) in [6.45, 7) is 0. The summed E-state index contributed by atoms with van der Waals surface area (Å²) >= 11 is 17.5. The van der Waals surface area contributed by atoms with E-state index >= 15 is 0 Å². The molecule has 0 amide bonds. The van der Waals surface area contributed by atoms with Gasteiger partial charge in [0.2, 0.25) is 9.87 Å². The summed E-state index contributed by atoms with van der Waals surface area (Å²) in [7, 11) is 0. The van der Waals surface area contributed by atoms with Gasteiger partial charge in [-0.1, -0.05) is 71.2 Å². The van der Waals surface area contributed by atoms with Crippen LogP contribution in [0.3, 0.4) is 0 Å². The molecule has 17 heavy (non-hydrogen) atoms. The highest BCUT2D eigenvalue weighted by Gasteiger charge is 2.27. The molecule has 86 valence electrons. The van der Waals surface area contributed by atoms with Crippen molar-refractivity contribution in [1.82, 2.24) is 0 Å². The number of alkyl halides is 3. The Bertz CT molecular complexity index is 613. The van der Waals surface area contributed by atoms with Gasteiger partial charge in [0, 0.05) is 10.9 Å². The maximum Gasteiger partial charge on any atom is 0.240 e. The molecule has 0 N–H and O–H groups in total. The Morgan fingerprint density at radius 3 is 2.41 bits per heavy atom. The molecule has 0 fully saturated rings. The van der Waals surface area contributed by atoms with Gasteiger partial charge in [-0.15, -0.1) is 0 Å². The van der Waals surface area contributed by atoms with Gasteiger partial charge in [-0.25, -0.2) is 4.79 Å². The monoisotopic (exact) mass is 285 g/mol. The second-order valence-electron chi connectivity index (χ2n) is 3.38. The van der Waals surface area contributed by atoms with Crippen LogP contribution in [0.25, 0.3) is 10.8 Å². The number of aliphatic imine (C=N–C) groups is 1. The number of hydrogen-bond donors (Lipinski definition) is 0. The van der Waals surface area contributed by atoms with E-state index in [-0.39, 0.29) is 0 Å². The molecule has 2 aromatic carbocycles. The van der Waals surface area contributed by atoms with Crippen LogP contribution in [0.2, 0.25) is 0 Å². The second kappa shape index (κ2) is 4.67. The van der Waals surface area contributed by atoms with E-state index < -0.39 is 3.79 Å². The molecule has 0 saturated heterocycles. The van der Waals surface area contributed by atoms with E-state index in [1.807, 2.05) is 30.3 Å². The normalized spacial score (nSPS) is 11.2. The lowest BCUT2D eigenvalue weighted by atomic mass is 10.0. The molecule has 0 aliphatic carbocycles. The third-order valence-electron chi connectivity index (χ3n) is 2.36. The van der Waals surface area contributed by atoms with E-state index in [9.17, 15) is 4.79 Å². The van der Waals surface area contributed by atoms with Gasteiger partial charge in [0.1, 0.15) is 0 Å². The van der Waals surface area contributed by atoms with Crippen molar-refractivity contribution in [2.24, 2.45) is 4.99 Å². The molecule has 0 aliphatic heterocycles. The van der Waals surface area contributed by atoms with Gasteiger partial charge in [0.25, 0.3) is 0 Å². The van der Waals surface area contributed by atoms with Crippen LogP contribution in [0, 0.1) is 0 Å². The fraction of sp³-hybridized carbons (Fsp3) is 0.0833. The fourth-order valence-corrected chi connectivity index (χ4v) is 2.11. The lowest BCUT2D eigenvalue weighted by Crippen LogP contribution is -2.00. The number of carbonyl (C=O) groups excluding carboxylic acids is 1. The largest absolute Gasteiger partial charge is 0.240 e. The van der Waals surface area contributed by atoms with Crippen LogP contribution < -0.4 is 0 Å². The minimum atomic E-state index is -1.63. The average Bonchev–Trinajstić information content (AvgIpc) is 2.28. The third-order valence-corrected chi connectivity index (χ3v) is 2.97. The number of hydrogen-bond acceptors (Lipinski definition) is 2. The lowest BCUT2D eigenvalue weighted by Gasteiger charge is -2.14. The van der Waals surface area contributed by atoms with Gasteiger partial charge in [0.15, 0.2) is 0 Å². The van der Waals surface area contributed by atoms with Crippen LogP contribution in [-0.4, -0.2) is 6.08 Å². The van der Waals surface area contributed by atoms with Crippen LogP contribution >= 0.6 is 34.8 Å². The van der Waals surface area contributed by atoms with Crippen molar-refractivity contribution in [3.05, 3.63) is 42.0 Å². The smallest absolute Gasteiger partial charge is 0.211 e. The third kappa shape index (κ3) is 2.46. The van der Waals surface area contributed by atoms with Crippen molar-refractivity contribution in [3.63, 3.8) is 0 Å². The number of nitrogens with zero attached hydrogens (tertiary/aromatic N) is 1. The number of benzene rings is 2. The summed E-state index contributed by atoms with van der Waals surface area (Å²) in [5, 5.41) is 1.67. The summed E-state index contributed by atoms with van der Waals surface area (Å²) < 4.78 is -1.63. The van der Waals surface area contributed by atoms with Crippen molar-refractivity contribution in [1.29, 1.82) is 0 Å². The number of fused-ring (bicyclic) bond motifs is 1. The van der Waals surface area contributed by atoms with Crippen molar-refractivity contribution >= 4 is 57.3 Å². The molecule has 2 rings (SSSR count). The van der Waals surface area contributed by atoms with Gasteiger partial charge in [-0.3, -0.25) is 0 Å². The Morgan fingerprint density at radius 2 is 1.76 bits per heavy atom. The summed E-state index contributed by atoms with van der Waals surface area (Å²) in [5.41, 5.74) is 0.711. The molecule has 0 unspecified atom stereocenters. The highest BCUT2D eigenvalue weighted by molar-refractivity contribution is 6.67. The quantitative estimate of drug-likeness (QED) is 0.427. The van der Waals surface area contributed by atoms with Gasteiger partial charge < -0.3 is 0 Å². The minimum Gasteiger partial charge on any atom is -0.211 e. The topological polar surface area (TPSA) is 29.4 Å². The van der Waals surface area contributed by atoms with Crippen LogP contribution in [-0.2, 0) is 8.59 Å². The van der Waals surface area contributed by atoms with Crippen molar-refractivity contribution in [2.75, 3.05) is 0 Å². The molecule has 5 heteroatoms. The summed E-state index contributed by atoms with van der Waals surface area (Å²) in [5.74, 6) is 0. The molecule has 0 bridgehead atoms. The predicted molar refractivity (Wildman–Crippen MR) is 71.0 cm³/mol. The van der Waals surface area contributed by atoms with E-state index in [0.717, 1.165) is 10.8 Å². The van der Waals surface area contributed by atoms with Gasteiger partial charge in [-0.05, 0) is 5.39 Å². The van der Waals surface area contributed by atoms with Gasteiger partial charge in [0.05, 0.1) is 5.69 Å². The van der Waals surface area contributed by atoms with Crippen LogP contribution in [0.1, 0.15) is 5.56 Å². The van der Waals surface area contributed by atoms with E-state index in [0.29, 0.717) is 11.3 Å². The molecular weight excluding hydrogens is 280 g/mol. The Hall–Kier alpha value is -1.05. The molecule has 2 aromatic rings. The summed E-state index contributed by atoms with van der Waals surface area (Å²) in [6.07, 6.45) is 1.49. The van der Waals surface area contributed by atoms with Gasteiger partial charge in [-0.2, -0.15) is 4.99 Å². The molecule has 0 saturated carbocycles. The first kappa shape index (κ1) is 12.4. The van der Waals surface area contributed by atoms with E-state index in [1.165, 1.54) is 6.08 Å². The van der Waals surface area contributed by atoms with Crippen LogP contribution in [0.15, 0.2) is 41.4 Å². The van der Waals surface area contributed by atoms with Crippen molar-refractivity contribution in [3.8, 4) is 0 Å². The molecule has 2 nitrogen and oxygen atoms in total. The van der Waals surface area contributed by atoms with Crippen molar-refractivity contribution < 1.29 is 4.79 Å². The Balaban J connectivity index is 2.87. The zero-order valence-corrected chi connectivity index (χ0v) is 10.7. The minimum absolute atomic E-state index is 0.345. The molecule has 0 aromatic heterocycles. The predicted octanol–water partition coefficient (Wildman–Crippen LogP) is 4.63. The molecular formula is C12H6Cl3NO. The van der Waals surface area contributed by atoms with Crippen molar-refractivity contribution in [2.45, 2.75) is 3.79 Å². The van der Waals surface area contributed by atoms with Crippen LogP contribution in [0.5, 0.6) is 0 Å². The summed E-state index contributed by atoms with van der Waals surface area (Å²) in [4.78, 5) is 14.1. The number of halogens is 3. The van der Waals surface area contributed by atoms with Gasteiger partial charge >= 0.3 is 0 Å². The van der Waals surface area contributed by atoms with Crippen LogP contribution in [0.4, 0.5) is 5.69 Å². The second-order valence-corrected chi connectivity index (χ2v) is 5.66. The highest BCUT2D eigenvalue weighted by atomic mass is 35.6. The lowest BCUT2D eigenvalue weighted by molar-refractivity contribution is 0.565. The Labute approximate surface area is 113 Å². The Kier molecular flexibility index (Phi) is 3.41. The standard InChI is InChI=1S/C12H6Cl3NO/c13-12(14,15)10-6-5-8-3-1-2-4-9(8)11(10)16-7-17/h1-6H. The fourth-order valence-electron chi connectivity index (χ4n) is 1.65. The summed E-state index contributed by atoms with van der Waals surface area (Å²) in [6, 6.07) is 10.9. The van der Waals surface area contributed by atoms with E-state index in [1.54, 1.807) is 6.07 Å². The maximum atomic E-state index is 10.5. The zero-order valence-electron chi connectivity index (χ0n) is 8.45. The first-order valence-corrected chi connectivity index (χ1v) is 5.84. The first-order valence-electron chi connectivity index (χ1n) is 4.71. The molecule has 0 radical (unpaired) electrons. The maximum absolute atomic E-state index is 10.5. The SMILES string of the molecule is O=C=Nc1c(C(Cl)(Cl)Cl)ccc2ccccc12. The zero-order chi connectivity index (χ0) is 12.5. The molecule has 0 atom stereocenters. The molecule has 0 heterocycles. The number of rotatable bonds is 1. The van der Waals surface area contributed by atoms with E-state index in [2.05, 4.69) is 4.99 Å². The average molecular weight is 287 g/mol. The van der Waals surface area contributed by atoms with E-state index in [4.69, 9.17) is 34.8 Å². The Morgan fingerprint density at radius 1 is 1.06 bits per heavy atom. The molecule has 0 spiro atoms. The first-order chi connectivity index (χ1) is 8.04.